The first-order chi connectivity index (χ1) is 7.80. The van der Waals surface area contributed by atoms with E-state index in [-0.39, 0.29) is 0 Å². The molecule has 0 aliphatic heterocycles. The van der Waals surface area contributed by atoms with E-state index in [1.165, 1.54) is 44.9 Å². The van der Waals surface area contributed by atoms with Crippen LogP contribution < -0.4 is 0 Å². The SMILES string of the molecule is CCCCC1CC(CCC)CC(CCC)C1. The Hall–Kier alpha value is 0. The fourth-order valence-electron chi connectivity index (χ4n) is 3.72. The molecule has 96 valence electrons. The van der Waals surface area contributed by atoms with Gasteiger partial charge in [0.15, 0.2) is 0 Å². The van der Waals surface area contributed by atoms with Gasteiger partial charge in [-0.2, -0.15) is 0 Å². The van der Waals surface area contributed by atoms with Gasteiger partial charge in [0.25, 0.3) is 0 Å². The molecule has 0 nitrogen and oxygen atoms in total. The van der Waals surface area contributed by atoms with E-state index in [0.29, 0.717) is 0 Å². The maximum atomic E-state index is 2.35. The first-order valence-electron chi connectivity index (χ1n) is 7.80. The average Bonchev–Trinajstić information content (AvgIpc) is 2.27. The van der Waals surface area contributed by atoms with E-state index in [0.717, 1.165) is 17.8 Å². The zero-order valence-corrected chi connectivity index (χ0v) is 11.8. The summed E-state index contributed by atoms with van der Waals surface area (Å²) in [5, 5.41) is 0. The van der Waals surface area contributed by atoms with Gasteiger partial charge in [-0.1, -0.05) is 65.7 Å². The number of unbranched alkanes of at least 4 members (excludes halogenated alkanes) is 1. The molecule has 0 saturated heterocycles. The Bertz CT molecular complexity index is 147. The molecule has 0 heteroatoms. The monoisotopic (exact) mass is 224 g/mol. The summed E-state index contributed by atoms with van der Waals surface area (Å²) in [6, 6.07) is 0. The molecule has 1 saturated carbocycles. The van der Waals surface area contributed by atoms with Gasteiger partial charge in [0.05, 0.1) is 0 Å². The lowest BCUT2D eigenvalue weighted by atomic mass is 9.71. The van der Waals surface area contributed by atoms with Gasteiger partial charge in [-0.3, -0.25) is 0 Å². The highest BCUT2D eigenvalue weighted by Crippen LogP contribution is 2.39. The Morgan fingerprint density at radius 3 is 1.44 bits per heavy atom. The van der Waals surface area contributed by atoms with Gasteiger partial charge < -0.3 is 0 Å². The van der Waals surface area contributed by atoms with Crippen LogP contribution in [0.3, 0.4) is 0 Å². The molecule has 0 amide bonds. The lowest BCUT2D eigenvalue weighted by molar-refractivity contribution is 0.168. The normalized spacial score (nSPS) is 30.6. The van der Waals surface area contributed by atoms with Crippen LogP contribution in [0.15, 0.2) is 0 Å². The number of hydrogen-bond donors (Lipinski definition) is 0. The van der Waals surface area contributed by atoms with Crippen LogP contribution >= 0.6 is 0 Å². The predicted molar refractivity (Wildman–Crippen MR) is 73.7 cm³/mol. The zero-order valence-electron chi connectivity index (χ0n) is 11.8. The van der Waals surface area contributed by atoms with E-state index in [1.807, 2.05) is 0 Å². The predicted octanol–water partition coefficient (Wildman–Crippen LogP) is 5.81. The van der Waals surface area contributed by atoms with Crippen LogP contribution in [0, 0.1) is 17.8 Å². The van der Waals surface area contributed by atoms with Gasteiger partial charge in [-0.05, 0) is 37.0 Å². The summed E-state index contributed by atoms with van der Waals surface area (Å²) in [5.41, 5.74) is 0. The van der Waals surface area contributed by atoms with Crippen molar-refractivity contribution in [3.05, 3.63) is 0 Å². The Morgan fingerprint density at radius 2 is 1.06 bits per heavy atom. The van der Waals surface area contributed by atoms with Gasteiger partial charge in [0.1, 0.15) is 0 Å². The van der Waals surface area contributed by atoms with Crippen LogP contribution in [0.4, 0.5) is 0 Å². The van der Waals surface area contributed by atoms with E-state index in [4.69, 9.17) is 0 Å². The highest BCUT2D eigenvalue weighted by molar-refractivity contribution is 4.78. The second kappa shape index (κ2) is 8.14. The van der Waals surface area contributed by atoms with Crippen molar-refractivity contribution in [2.75, 3.05) is 0 Å². The van der Waals surface area contributed by atoms with Crippen molar-refractivity contribution in [2.45, 2.75) is 85.0 Å². The van der Waals surface area contributed by atoms with E-state index < -0.39 is 0 Å². The summed E-state index contributed by atoms with van der Waals surface area (Å²) < 4.78 is 0. The Labute approximate surface area is 103 Å². The maximum absolute atomic E-state index is 2.35. The summed E-state index contributed by atoms with van der Waals surface area (Å²) in [6.45, 7) is 7.03. The fourth-order valence-corrected chi connectivity index (χ4v) is 3.72. The van der Waals surface area contributed by atoms with Crippen LogP contribution in [0.5, 0.6) is 0 Å². The number of rotatable bonds is 7. The van der Waals surface area contributed by atoms with Crippen molar-refractivity contribution in [1.29, 1.82) is 0 Å². The number of hydrogen-bond acceptors (Lipinski definition) is 0. The Kier molecular flexibility index (Phi) is 7.16. The van der Waals surface area contributed by atoms with Crippen LogP contribution in [-0.4, -0.2) is 0 Å². The second-order valence-corrected chi connectivity index (χ2v) is 6.02. The Balaban J connectivity index is 2.38. The third kappa shape index (κ3) is 4.89. The maximum Gasteiger partial charge on any atom is -0.0409 e. The molecule has 0 heterocycles. The van der Waals surface area contributed by atoms with Crippen LogP contribution in [0.2, 0.25) is 0 Å². The van der Waals surface area contributed by atoms with Crippen molar-refractivity contribution in [3.63, 3.8) is 0 Å². The molecule has 0 N–H and O–H groups in total. The molecule has 0 aromatic carbocycles. The van der Waals surface area contributed by atoms with Crippen LogP contribution in [-0.2, 0) is 0 Å². The molecule has 0 spiro atoms. The minimum Gasteiger partial charge on any atom is -0.0654 e. The highest BCUT2D eigenvalue weighted by atomic mass is 14.3. The molecule has 0 aromatic heterocycles. The fraction of sp³-hybridized carbons (Fsp3) is 1.00. The summed E-state index contributed by atoms with van der Waals surface area (Å²) in [5.74, 6) is 3.20. The van der Waals surface area contributed by atoms with Gasteiger partial charge >= 0.3 is 0 Å². The average molecular weight is 224 g/mol. The smallest absolute Gasteiger partial charge is 0.0409 e. The van der Waals surface area contributed by atoms with Crippen molar-refractivity contribution in [1.82, 2.24) is 0 Å². The quantitative estimate of drug-likeness (QED) is 0.512. The molecule has 1 rings (SSSR count). The van der Waals surface area contributed by atoms with Crippen molar-refractivity contribution in [3.8, 4) is 0 Å². The van der Waals surface area contributed by atoms with Crippen molar-refractivity contribution < 1.29 is 0 Å². The molecule has 16 heavy (non-hydrogen) atoms. The molecule has 0 radical (unpaired) electrons. The second-order valence-electron chi connectivity index (χ2n) is 6.02. The minimum atomic E-state index is 1.07. The summed E-state index contributed by atoms with van der Waals surface area (Å²) in [6.07, 6.45) is 14.8. The molecule has 1 aliphatic rings. The van der Waals surface area contributed by atoms with E-state index in [1.54, 1.807) is 19.3 Å². The molecule has 2 unspecified atom stereocenters. The molecule has 1 aliphatic carbocycles. The third-order valence-corrected chi connectivity index (χ3v) is 4.36. The zero-order chi connectivity index (χ0) is 11.8. The molecule has 0 bridgehead atoms. The molecule has 2 atom stereocenters. The Morgan fingerprint density at radius 1 is 0.625 bits per heavy atom. The molecule has 1 fully saturated rings. The molecule has 0 aromatic rings. The van der Waals surface area contributed by atoms with Crippen LogP contribution in [0.25, 0.3) is 0 Å². The third-order valence-electron chi connectivity index (χ3n) is 4.36. The first-order valence-corrected chi connectivity index (χ1v) is 7.80. The molecular weight excluding hydrogens is 192 g/mol. The largest absolute Gasteiger partial charge is 0.0654 e. The van der Waals surface area contributed by atoms with E-state index in [2.05, 4.69) is 20.8 Å². The van der Waals surface area contributed by atoms with Crippen molar-refractivity contribution >= 4 is 0 Å². The van der Waals surface area contributed by atoms with E-state index >= 15 is 0 Å². The first kappa shape index (κ1) is 14.1. The summed E-state index contributed by atoms with van der Waals surface area (Å²) >= 11 is 0. The van der Waals surface area contributed by atoms with Crippen LogP contribution in [0.1, 0.15) is 85.0 Å². The van der Waals surface area contributed by atoms with Gasteiger partial charge in [0, 0.05) is 0 Å². The summed E-state index contributed by atoms with van der Waals surface area (Å²) in [4.78, 5) is 0. The topological polar surface area (TPSA) is 0 Å². The highest BCUT2D eigenvalue weighted by Gasteiger charge is 2.27. The summed E-state index contributed by atoms with van der Waals surface area (Å²) in [7, 11) is 0. The minimum absolute atomic E-state index is 1.07. The van der Waals surface area contributed by atoms with Gasteiger partial charge in [-0.25, -0.2) is 0 Å². The van der Waals surface area contributed by atoms with Gasteiger partial charge in [0.2, 0.25) is 0 Å². The standard InChI is InChI=1S/C16H32/c1-4-7-10-16-12-14(8-5-2)11-15(13-16)9-6-3/h14-16H,4-13H2,1-3H3. The van der Waals surface area contributed by atoms with Gasteiger partial charge in [-0.15, -0.1) is 0 Å². The van der Waals surface area contributed by atoms with E-state index in [9.17, 15) is 0 Å². The lowest BCUT2D eigenvalue weighted by Gasteiger charge is -2.35. The lowest BCUT2D eigenvalue weighted by Crippen LogP contribution is -2.23. The molecular formula is C16H32. The van der Waals surface area contributed by atoms with Crippen molar-refractivity contribution in [2.24, 2.45) is 17.8 Å².